The van der Waals surface area contributed by atoms with E-state index in [-0.39, 0.29) is 35.6 Å². The smallest absolute Gasteiger partial charge is 0.400 e. The number of fused-ring (bicyclic) bond motifs is 1. The van der Waals surface area contributed by atoms with E-state index in [1.54, 1.807) is 24.3 Å². The molecule has 11 nitrogen and oxygen atoms in total. The standard InChI is InChI=1S/C27H32N4O7S/c28-24(22-12-6-7-15-31(22)39(35,36)17-18-8-2-1-3-9-18)29-38-27(34)23-14-13-19(37-23)16-30-25(32)20-10-4-5-11-21(20)26(30)33/h4-5,10-11,13-14,18,22H,1-3,6-9,12,15-17H2,(H2,28,29)/t22-/m0/s1. The molecule has 2 aliphatic heterocycles. The highest BCUT2D eigenvalue weighted by atomic mass is 32.2. The molecule has 1 aromatic heterocycles. The van der Waals surface area contributed by atoms with Crippen LogP contribution in [0.1, 0.15) is 88.4 Å². The van der Waals surface area contributed by atoms with Crippen LogP contribution in [0.4, 0.5) is 0 Å². The average molecular weight is 557 g/mol. The number of piperidine rings is 1. The number of carbonyl (C=O) groups excluding carboxylic acids is 3. The number of nitrogens with two attached hydrogens (primary N) is 1. The zero-order valence-electron chi connectivity index (χ0n) is 21.6. The van der Waals surface area contributed by atoms with E-state index in [4.69, 9.17) is 15.0 Å². The normalized spacial score (nSPS) is 21.3. The van der Waals surface area contributed by atoms with Crippen LogP contribution in [-0.2, 0) is 21.4 Å². The van der Waals surface area contributed by atoms with E-state index < -0.39 is 33.8 Å². The fourth-order valence-corrected chi connectivity index (χ4v) is 7.72. The third kappa shape index (κ3) is 5.76. The Morgan fingerprint density at radius 1 is 0.974 bits per heavy atom. The molecule has 2 aromatic rings. The topological polar surface area (TPSA) is 153 Å². The minimum Gasteiger partial charge on any atom is -0.452 e. The minimum absolute atomic E-state index is 0.0897. The van der Waals surface area contributed by atoms with Crippen LogP contribution < -0.4 is 5.73 Å². The average Bonchev–Trinajstić information content (AvgIpc) is 3.51. The molecule has 2 amide bonds. The van der Waals surface area contributed by atoms with Gasteiger partial charge in [-0.3, -0.25) is 14.5 Å². The highest BCUT2D eigenvalue weighted by molar-refractivity contribution is 7.89. The van der Waals surface area contributed by atoms with Crippen molar-refractivity contribution in [1.29, 1.82) is 0 Å². The van der Waals surface area contributed by atoms with E-state index in [1.807, 2.05) is 0 Å². The second kappa shape index (κ2) is 11.3. The Labute approximate surface area is 227 Å². The molecule has 1 aromatic carbocycles. The molecule has 3 aliphatic rings. The molecule has 0 spiro atoms. The summed E-state index contributed by atoms with van der Waals surface area (Å²) in [6, 6.07) is 8.66. The molecule has 12 heteroatoms. The number of benzene rings is 1. The molecule has 3 heterocycles. The zero-order chi connectivity index (χ0) is 27.6. The number of rotatable bonds is 8. The number of nitrogens with zero attached hydrogens (tertiary/aromatic N) is 3. The van der Waals surface area contributed by atoms with Crippen molar-refractivity contribution < 1.29 is 32.1 Å². The van der Waals surface area contributed by atoms with Crippen molar-refractivity contribution in [2.24, 2.45) is 16.8 Å². The van der Waals surface area contributed by atoms with Gasteiger partial charge in [-0.2, -0.15) is 4.31 Å². The summed E-state index contributed by atoms with van der Waals surface area (Å²) >= 11 is 0. The van der Waals surface area contributed by atoms with Gasteiger partial charge in [-0.05, 0) is 55.9 Å². The number of amidine groups is 1. The number of sulfonamides is 1. The number of hydrogen-bond donors (Lipinski definition) is 1. The van der Waals surface area contributed by atoms with Crippen molar-refractivity contribution in [2.75, 3.05) is 12.3 Å². The molecule has 1 atom stereocenters. The Hall–Kier alpha value is -3.51. The Kier molecular flexibility index (Phi) is 7.85. The molecule has 1 aliphatic carbocycles. The molecular weight excluding hydrogens is 524 g/mol. The Balaban J connectivity index is 1.21. The first kappa shape index (κ1) is 27.1. The van der Waals surface area contributed by atoms with Crippen molar-refractivity contribution >= 4 is 33.6 Å². The van der Waals surface area contributed by atoms with Crippen LogP contribution in [0.5, 0.6) is 0 Å². The third-order valence-electron chi connectivity index (χ3n) is 7.61. The van der Waals surface area contributed by atoms with E-state index in [2.05, 4.69) is 5.16 Å². The van der Waals surface area contributed by atoms with E-state index >= 15 is 0 Å². The highest BCUT2D eigenvalue weighted by Crippen LogP contribution is 2.29. The van der Waals surface area contributed by atoms with Crippen molar-refractivity contribution in [3.63, 3.8) is 0 Å². The molecule has 208 valence electrons. The maximum atomic E-state index is 13.2. The van der Waals surface area contributed by atoms with Crippen LogP contribution in [0.2, 0.25) is 0 Å². The molecule has 2 N–H and O–H groups in total. The molecule has 0 unspecified atom stereocenters. The van der Waals surface area contributed by atoms with Gasteiger partial charge in [-0.25, -0.2) is 13.2 Å². The SMILES string of the molecule is NC(=NOC(=O)c1ccc(CN2C(=O)c3ccccc3C2=O)o1)[C@@H]1CCCCN1S(=O)(=O)CC1CCCCC1. The zero-order valence-corrected chi connectivity index (χ0v) is 22.4. The number of oxime groups is 1. The lowest BCUT2D eigenvalue weighted by Gasteiger charge is -2.35. The van der Waals surface area contributed by atoms with Crippen molar-refractivity contribution in [3.05, 3.63) is 59.0 Å². The molecular formula is C27H32N4O7S. The van der Waals surface area contributed by atoms with Crippen LogP contribution >= 0.6 is 0 Å². The number of hydrogen-bond acceptors (Lipinski definition) is 8. The minimum atomic E-state index is -3.55. The van der Waals surface area contributed by atoms with E-state index in [0.29, 0.717) is 24.1 Å². The maximum Gasteiger partial charge on any atom is 0.400 e. The molecule has 0 bridgehead atoms. The van der Waals surface area contributed by atoms with Gasteiger partial charge in [0.15, 0.2) is 5.84 Å². The van der Waals surface area contributed by atoms with Crippen LogP contribution in [0.15, 0.2) is 46.0 Å². The van der Waals surface area contributed by atoms with Crippen molar-refractivity contribution in [2.45, 2.75) is 64.0 Å². The third-order valence-corrected chi connectivity index (χ3v) is 9.66. The van der Waals surface area contributed by atoms with Gasteiger partial charge in [-0.15, -0.1) is 0 Å². The summed E-state index contributed by atoms with van der Waals surface area (Å²) in [4.78, 5) is 43.8. The molecule has 2 fully saturated rings. The van der Waals surface area contributed by atoms with Gasteiger partial charge in [0.05, 0.1) is 29.5 Å². The van der Waals surface area contributed by atoms with Crippen LogP contribution in [0, 0.1) is 5.92 Å². The Morgan fingerprint density at radius 3 is 2.33 bits per heavy atom. The van der Waals surface area contributed by atoms with Gasteiger partial charge in [0.25, 0.3) is 11.8 Å². The number of amides is 2. The first-order valence-electron chi connectivity index (χ1n) is 13.3. The van der Waals surface area contributed by atoms with Crippen LogP contribution in [-0.4, -0.2) is 59.6 Å². The summed E-state index contributed by atoms with van der Waals surface area (Å²) < 4.78 is 33.4. The second-order valence-electron chi connectivity index (χ2n) is 10.3. The molecule has 39 heavy (non-hydrogen) atoms. The fourth-order valence-electron chi connectivity index (χ4n) is 5.59. The maximum absolute atomic E-state index is 13.2. The van der Waals surface area contributed by atoms with Crippen LogP contribution in [0.25, 0.3) is 0 Å². The second-order valence-corrected chi connectivity index (χ2v) is 12.3. The highest BCUT2D eigenvalue weighted by Gasteiger charge is 2.37. The summed E-state index contributed by atoms with van der Waals surface area (Å²) in [5.41, 5.74) is 6.77. The van der Waals surface area contributed by atoms with Gasteiger partial charge >= 0.3 is 5.97 Å². The lowest BCUT2D eigenvalue weighted by Crippen LogP contribution is -2.51. The summed E-state index contributed by atoms with van der Waals surface area (Å²) in [7, 11) is -3.55. The van der Waals surface area contributed by atoms with Gasteiger partial charge in [-0.1, -0.05) is 43.0 Å². The van der Waals surface area contributed by atoms with Gasteiger partial charge in [0, 0.05) is 6.54 Å². The van der Waals surface area contributed by atoms with Gasteiger partial charge < -0.3 is 15.0 Å². The lowest BCUT2D eigenvalue weighted by molar-refractivity contribution is 0.0472. The summed E-state index contributed by atoms with van der Waals surface area (Å²) in [6.07, 6.45) is 7.08. The van der Waals surface area contributed by atoms with Crippen molar-refractivity contribution in [1.82, 2.24) is 9.21 Å². The predicted octanol–water partition coefficient (Wildman–Crippen LogP) is 3.27. The summed E-state index contributed by atoms with van der Waals surface area (Å²) in [5, 5.41) is 3.76. The van der Waals surface area contributed by atoms with Gasteiger partial charge in [0.1, 0.15) is 5.76 Å². The molecule has 5 rings (SSSR count). The Bertz CT molecular complexity index is 1360. The van der Waals surface area contributed by atoms with E-state index in [1.165, 1.54) is 16.4 Å². The summed E-state index contributed by atoms with van der Waals surface area (Å²) in [5.74, 6) is -1.64. The summed E-state index contributed by atoms with van der Waals surface area (Å²) in [6.45, 7) is 0.199. The molecule has 0 radical (unpaired) electrons. The monoisotopic (exact) mass is 556 g/mol. The number of imide groups is 1. The fraction of sp³-hybridized carbons (Fsp3) is 0.481. The lowest BCUT2D eigenvalue weighted by atomic mass is 9.91. The Morgan fingerprint density at radius 2 is 1.64 bits per heavy atom. The predicted molar refractivity (Wildman–Crippen MR) is 141 cm³/mol. The first-order chi connectivity index (χ1) is 18.7. The quantitative estimate of drug-likeness (QED) is 0.171. The van der Waals surface area contributed by atoms with Crippen molar-refractivity contribution in [3.8, 4) is 0 Å². The van der Waals surface area contributed by atoms with E-state index in [9.17, 15) is 22.8 Å². The number of furan rings is 1. The number of carbonyl (C=O) groups is 3. The van der Waals surface area contributed by atoms with E-state index in [0.717, 1.165) is 49.8 Å². The molecule has 1 saturated carbocycles. The largest absolute Gasteiger partial charge is 0.452 e. The van der Waals surface area contributed by atoms with Crippen LogP contribution in [0.3, 0.4) is 0 Å². The first-order valence-corrected chi connectivity index (χ1v) is 14.9. The molecule has 1 saturated heterocycles. The van der Waals surface area contributed by atoms with Gasteiger partial charge in [0.2, 0.25) is 15.8 Å².